The second-order valence-corrected chi connectivity index (χ2v) is 5.75. The number of nitrogens with one attached hydrogen (secondary N) is 1. The molecule has 1 saturated carbocycles. The van der Waals surface area contributed by atoms with Crippen LogP contribution >= 0.6 is 15.9 Å². The van der Waals surface area contributed by atoms with Crippen molar-refractivity contribution in [3.05, 3.63) is 34.3 Å². The summed E-state index contributed by atoms with van der Waals surface area (Å²) in [5.74, 6) is 0. The van der Waals surface area contributed by atoms with Crippen LogP contribution < -0.4 is 5.32 Å². The molecule has 0 bridgehead atoms. The molecule has 112 valence electrons. The zero-order valence-electron chi connectivity index (χ0n) is 12.0. The monoisotopic (exact) mass is 343 g/mol. The molecule has 0 amide bonds. The fourth-order valence-electron chi connectivity index (χ4n) is 2.33. The smallest absolute Gasteiger partial charge is 0.0991 e. The van der Waals surface area contributed by atoms with E-state index in [2.05, 4.69) is 27.3 Å². The van der Waals surface area contributed by atoms with Gasteiger partial charge in [-0.25, -0.2) is 0 Å². The first-order chi connectivity index (χ1) is 9.76. The van der Waals surface area contributed by atoms with E-state index in [0.717, 1.165) is 16.5 Å². The van der Waals surface area contributed by atoms with Gasteiger partial charge in [0, 0.05) is 17.6 Å². The molecule has 0 heterocycles. The van der Waals surface area contributed by atoms with Crippen LogP contribution in [0.5, 0.6) is 0 Å². The SMILES string of the molecule is CNC1CC(OCc2ccccc2Br)C1OCCOC. The Morgan fingerprint density at radius 3 is 2.75 bits per heavy atom. The summed E-state index contributed by atoms with van der Waals surface area (Å²) in [6, 6.07) is 8.50. The molecule has 1 aliphatic rings. The van der Waals surface area contributed by atoms with Gasteiger partial charge in [-0.3, -0.25) is 0 Å². The highest BCUT2D eigenvalue weighted by Gasteiger charge is 2.41. The molecule has 5 heteroatoms. The molecule has 4 nitrogen and oxygen atoms in total. The number of halogens is 1. The van der Waals surface area contributed by atoms with E-state index < -0.39 is 0 Å². The maximum Gasteiger partial charge on any atom is 0.0991 e. The van der Waals surface area contributed by atoms with Gasteiger partial charge in [-0.05, 0) is 25.1 Å². The van der Waals surface area contributed by atoms with E-state index in [1.54, 1.807) is 7.11 Å². The molecule has 0 spiro atoms. The Balaban J connectivity index is 1.81. The quantitative estimate of drug-likeness (QED) is 0.735. The lowest BCUT2D eigenvalue weighted by molar-refractivity contribution is -0.155. The summed E-state index contributed by atoms with van der Waals surface area (Å²) in [7, 11) is 3.64. The third kappa shape index (κ3) is 4.02. The second kappa shape index (κ2) is 8.10. The number of rotatable bonds is 8. The molecule has 1 aliphatic carbocycles. The van der Waals surface area contributed by atoms with Crippen molar-refractivity contribution in [2.75, 3.05) is 27.4 Å². The minimum absolute atomic E-state index is 0.109. The van der Waals surface area contributed by atoms with E-state index in [4.69, 9.17) is 14.2 Å². The summed E-state index contributed by atoms with van der Waals surface area (Å²) in [4.78, 5) is 0. The van der Waals surface area contributed by atoms with Crippen molar-refractivity contribution in [2.24, 2.45) is 0 Å². The minimum Gasteiger partial charge on any atom is -0.382 e. The summed E-state index contributed by atoms with van der Waals surface area (Å²) in [5, 5.41) is 3.26. The molecule has 2 rings (SSSR count). The van der Waals surface area contributed by atoms with Gasteiger partial charge < -0.3 is 19.5 Å². The first-order valence-electron chi connectivity index (χ1n) is 6.89. The highest BCUT2D eigenvalue weighted by atomic mass is 79.9. The third-order valence-corrected chi connectivity index (χ3v) is 4.40. The van der Waals surface area contributed by atoms with Gasteiger partial charge in [-0.15, -0.1) is 0 Å². The Hall–Kier alpha value is -0.460. The molecule has 3 unspecified atom stereocenters. The van der Waals surface area contributed by atoms with Gasteiger partial charge in [0.15, 0.2) is 0 Å². The van der Waals surface area contributed by atoms with E-state index in [9.17, 15) is 0 Å². The topological polar surface area (TPSA) is 39.7 Å². The predicted octanol–water partition coefficient (Wildman–Crippen LogP) is 2.36. The average molecular weight is 344 g/mol. The summed E-state index contributed by atoms with van der Waals surface area (Å²) in [6.07, 6.45) is 1.24. The standard InChI is InChI=1S/C15H22BrNO3/c1-17-13-9-14(15(13)19-8-7-18-2)20-10-11-5-3-4-6-12(11)16/h3-6,13-15,17H,7-10H2,1-2H3. The van der Waals surface area contributed by atoms with E-state index in [0.29, 0.717) is 25.9 Å². The second-order valence-electron chi connectivity index (χ2n) is 4.90. The van der Waals surface area contributed by atoms with Crippen molar-refractivity contribution in [1.29, 1.82) is 0 Å². The lowest BCUT2D eigenvalue weighted by atomic mass is 9.85. The first kappa shape index (κ1) is 15.9. The zero-order valence-corrected chi connectivity index (χ0v) is 13.6. The number of likely N-dealkylation sites (N-methyl/N-ethyl adjacent to an activating group) is 1. The maximum atomic E-state index is 5.98. The van der Waals surface area contributed by atoms with Crippen LogP contribution in [0.15, 0.2) is 28.7 Å². The largest absolute Gasteiger partial charge is 0.382 e. The van der Waals surface area contributed by atoms with Gasteiger partial charge in [0.1, 0.15) is 0 Å². The number of benzene rings is 1. The number of hydrogen-bond donors (Lipinski definition) is 1. The van der Waals surface area contributed by atoms with Gasteiger partial charge in [0.25, 0.3) is 0 Å². The molecule has 20 heavy (non-hydrogen) atoms. The number of ether oxygens (including phenoxy) is 3. The van der Waals surface area contributed by atoms with Gasteiger partial charge in [-0.2, -0.15) is 0 Å². The predicted molar refractivity (Wildman–Crippen MR) is 81.8 cm³/mol. The molecule has 1 aromatic carbocycles. The molecular formula is C15H22BrNO3. The van der Waals surface area contributed by atoms with Crippen molar-refractivity contribution < 1.29 is 14.2 Å². The molecule has 1 aromatic rings. The Bertz CT molecular complexity index is 416. The van der Waals surface area contributed by atoms with Gasteiger partial charge in [-0.1, -0.05) is 34.1 Å². The van der Waals surface area contributed by atoms with Gasteiger partial charge in [0.05, 0.1) is 32.0 Å². The molecular weight excluding hydrogens is 322 g/mol. The van der Waals surface area contributed by atoms with Crippen LogP contribution in [0.1, 0.15) is 12.0 Å². The Morgan fingerprint density at radius 2 is 2.05 bits per heavy atom. The lowest BCUT2D eigenvalue weighted by Gasteiger charge is -2.43. The molecule has 0 aliphatic heterocycles. The summed E-state index contributed by atoms with van der Waals surface area (Å²) in [5.41, 5.74) is 1.16. The molecule has 0 saturated heterocycles. The van der Waals surface area contributed by atoms with Gasteiger partial charge >= 0.3 is 0 Å². The van der Waals surface area contributed by atoms with Crippen LogP contribution in [-0.2, 0) is 20.8 Å². The number of methoxy groups -OCH3 is 1. The molecule has 0 aromatic heterocycles. The fraction of sp³-hybridized carbons (Fsp3) is 0.600. The van der Waals surface area contributed by atoms with Crippen molar-refractivity contribution in [1.82, 2.24) is 5.32 Å². The minimum atomic E-state index is 0.109. The summed E-state index contributed by atoms with van der Waals surface area (Å²) < 4.78 is 17.9. The highest BCUT2D eigenvalue weighted by Crippen LogP contribution is 2.29. The van der Waals surface area contributed by atoms with Gasteiger partial charge in [0.2, 0.25) is 0 Å². The fourth-order valence-corrected chi connectivity index (χ4v) is 2.73. The Labute approximate surface area is 128 Å². The van der Waals surface area contributed by atoms with Crippen molar-refractivity contribution in [3.8, 4) is 0 Å². The molecule has 1 N–H and O–H groups in total. The van der Waals surface area contributed by atoms with Crippen LogP contribution in [0.3, 0.4) is 0 Å². The first-order valence-corrected chi connectivity index (χ1v) is 7.68. The van der Waals surface area contributed by atoms with Crippen LogP contribution in [0, 0.1) is 0 Å². The van der Waals surface area contributed by atoms with Crippen LogP contribution in [0.25, 0.3) is 0 Å². The molecule has 3 atom stereocenters. The molecule has 0 radical (unpaired) electrons. The van der Waals surface area contributed by atoms with Crippen molar-refractivity contribution in [3.63, 3.8) is 0 Å². The van der Waals surface area contributed by atoms with Crippen LogP contribution in [0.2, 0.25) is 0 Å². The summed E-state index contributed by atoms with van der Waals surface area (Å²) >= 11 is 3.54. The highest BCUT2D eigenvalue weighted by molar-refractivity contribution is 9.10. The summed E-state index contributed by atoms with van der Waals surface area (Å²) in [6.45, 7) is 1.82. The zero-order chi connectivity index (χ0) is 14.4. The Kier molecular flexibility index (Phi) is 6.45. The lowest BCUT2D eigenvalue weighted by Crippen LogP contribution is -2.59. The number of hydrogen-bond acceptors (Lipinski definition) is 4. The van der Waals surface area contributed by atoms with E-state index in [1.807, 2.05) is 25.2 Å². The van der Waals surface area contributed by atoms with Crippen molar-refractivity contribution in [2.45, 2.75) is 31.3 Å². The Morgan fingerprint density at radius 1 is 1.25 bits per heavy atom. The normalized spacial score (nSPS) is 25.4. The van der Waals surface area contributed by atoms with E-state index >= 15 is 0 Å². The van der Waals surface area contributed by atoms with E-state index in [1.165, 1.54) is 0 Å². The third-order valence-electron chi connectivity index (χ3n) is 3.63. The van der Waals surface area contributed by atoms with Crippen LogP contribution in [0.4, 0.5) is 0 Å². The van der Waals surface area contributed by atoms with Crippen molar-refractivity contribution >= 4 is 15.9 Å². The van der Waals surface area contributed by atoms with Crippen LogP contribution in [-0.4, -0.2) is 45.6 Å². The maximum absolute atomic E-state index is 5.98. The molecule has 1 fully saturated rings. The van der Waals surface area contributed by atoms with E-state index in [-0.39, 0.29) is 12.2 Å². The average Bonchev–Trinajstić information content (AvgIpc) is 2.44.